The van der Waals surface area contributed by atoms with Crippen LogP contribution in [0.3, 0.4) is 0 Å². The first-order chi connectivity index (χ1) is 8.25. The van der Waals surface area contributed by atoms with Crippen LogP contribution in [0.15, 0.2) is 48.5 Å². The van der Waals surface area contributed by atoms with Gasteiger partial charge in [0.2, 0.25) is 5.95 Å². The Morgan fingerprint density at radius 1 is 1.06 bits per heavy atom. The van der Waals surface area contributed by atoms with Gasteiger partial charge in [0.05, 0.1) is 16.7 Å². The number of aromatic nitrogens is 2. The number of nitrogens with zero attached hydrogens (tertiary/aromatic N) is 2. The van der Waals surface area contributed by atoms with Crippen molar-refractivity contribution in [3.05, 3.63) is 54.3 Å². The number of anilines is 1. The van der Waals surface area contributed by atoms with Gasteiger partial charge in [-0.2, -0.15) is 0 Å². The van der Waals surface area contributed by atoms with Crippen LogP contribution in [-0.4, -0.2) is 9.55 Å². The van der Waals surface area contributed by atoms with E-state index in [1.165, 1.54) is 12.1 Å². The van der Waals surface area contributed by atoms with E-state index in [1.54, 1.807) is 16.7 Å². The summed E-state index contributed by atoms with van der Waals surface area (Å²) in [5.41, 5.74) is 8.21. The fraction of sp³-hybridized carbons (Fsp3) is 0. The molecule has 0 aliphatic heterocycles. The summed E-state index contributed by atoms with van der Waals surface area (Å²) in [6.45, 7) is 0. The highest BCUT2D eigenvalue weighted by molar-refractivity contribution is 5.80. The number of nitrogens with two attached hydrogens (primary N) is 1. The van der Waals surface area contributed by atoms with Crippen molar-refractivity contribution in [2.24, 2.45) is 0 Å². The first-order valence-corrected chi connectivity index (χ1v) is 5.24. The number of para-hydroxylation sites is 2. The summed E-state index contributed by atoms with van der Waals surface area (Å²) in [4.78, 5) is 4.24. The van der Waals surface area contributed by atoms with E-state index in [0.717, 1.165) is 11.0 Å². The monoisotopic (exact) mass is 227 g/mol. The average Bonchev–Trinajstić information content (AvgIpc) is 2.64. The summed E-state index contributed by atoms with van der Waals surface area (Å²) in [7, 11) is 0. The maximum absolute atomic E-state index is 13.2. The molecule has 0 radical (unpaired) electrons. The van der Waals surface area contributed by atoms with Crippen molar-refractivity contribution in [2.45, 2.75) is 0 Å². The zero-order valence-electron chi connectivity index (χ0n) is 8.97. The van der Waals surface area contributed by atoms with Crippen LogP contribution in [0.2, 0.25) is 0 Å². The molecule has 0 aliphatic carbocycles. The number of hydrogen-bond donors (Lipinski definition) is 1. The van der Waals surface area contributed by atoms with Crippen molar-refractivity contribution in [3.8, 4) is 5.69 Å². The van der Waals surface area contributed by atoms with Crippen LogP contribution in [0.4, 0.5) is 10.3 Å². The van der Waals surface area contributed by atoms with Gasteiger partial charge in [0.15, 0.2) is 0 Å². The van der Waals surface area contributed by atoms with Crippen LogP contribution in [0.25, 0.3) is 16.7 Å². The van der Waals surface area contributed by atoms with Gasteiger partial charge in [0.25, 0.3) is 0 Å². The van der Waals surface area contributed by atoms with Gasteiger partial charge in [-0.15, -0.1) is 0 Å². The quantitative estimate of drug-likeness (QED) is 0.694. The van der Waals surface area contributed by atoms with Crippen molar-refractivity contribution in [2.75, 3.05) is 5.73 Å². The largest absolute Gasteiger partial charge is 0.369 e. The SMILES string of the molecule is Nc1nc2ccccc2n1-c1cccc(F)c1. The van der Waals surface area contributed by atoms with E-state index in [0.29, 0.717) is 11.6 Å². The topological polar surface area (TPSA) is 43.8 Å². The van der Waals surface area contributed by atoms with E-state index in [-0.39, 0.29) is 5.82 Å². The van der Waals surface area contributed by atoms with E-state index in [9.17, 15) is 4.39 Å². The molecule has 0 bridgehead atoms. The lowest BCUT2D eigenvalue weighted by Gasteiger charge is -2.06. The van der Waals surface area contributed by atoms with Gasteiger partial charge in [-0.3, -0.25) is 4.57 Å². The van der Waals surface area contributed by atoms with E-state index < -0.39 is 0 Å². The van der Waals surface area contributed by atoms with Crippen LogP contribution in [0.5, 0.6) is 0 Å². The minimum Gasteiger partial charge on any atom is -0.369 e. The maximum Gasteiger partial charge on any atom is 0.205 e. The molecule has 17 heavy (non-hydrogen) atoms. The van der Waals surface area contributed by atoms with E-state index in [2.05, 4.69) is 4.98 Å². The third kappa shape index (κ3) is 1.54. The predicted octanol–water partition coefficient (Wildman–Crippen LogP) is 2.75. The van der Waals surface area contributed by atoms with Gasteiger partial charge < -0.3 is 5.73 Å². The molecule has 84 valence electrons. The van der Waals surface area contributed by atoms with Gasteiger partial charge in [-0.1, -0.05) is 18.2 Å². The molecule has 0 fully saturated rings. The predicted molar refractivity (Wildman–Crippen MR) is 65.4 cm³/mol. The third-order valence-electron chi connectivity index (χ3n) is 2.65. The average molecular weight is 227 g/mol. The first-order valence-electron chi connectivity index (χ1n) is 5.24. The van der Waals surface area contributed by atoms with Crippen LogP contribution in [0, 0.1) is 5.82 Å². The number of fused-ring (bicyclic) bond motifs is 1. The minimum atomic E-state index is -0.292. The lowest BCUT2D eigenvalue weighted by molar-refractivity contribution is 0.627. The Bertz CT molecular complexity index is 688. The number of halogens is 1. The molecule has 0 saturated carbocycles. The normalized spacial score (nSPS) is 10.9. The second-order valence-corrected chi connectivity index (χ2v) is 3.77. The van der Waals surface area contributed by atoms with Gasteiger partial charge in [-0.05, 0) is 30.3 Å². The second kappa shape index (κ2) is 3.59. The van der Waals surface area contributed by atoms with E-state index >= 15 is 0 Å². The fourth-order valence-corrected chi connectivity index (χ4v) is 1.93. The van der Waals surface area contributed by atoms with Crippen molar-refractivity contribution in [1.29, 1.82) is 0 Å². The molecule has 2 N–H and O–H groups in total. The lowest BCUT2D eigenvalue weighted by Crippen LogP contribution is -2.00. The highest BCUT2D eigenvalue weighted by Crippen LogP contribution is 2.22. The Labute approximate surface area is 97.3 Å². The summed E-state index contributed by atoms with van der Waals surface area (Å²) >= 11 is 0. The number of hydrogen-bond acceptors (Lipinski definition) is 2. The summed E-state index contributed by atoms with van der Waals surface area (Å²) in [6, 6.07) is 13.9. The Morgan fingerprint density at radius 2 is 1.88 bits per heavy atom. The molecular weight excluding hydrogens is 217 g/mol. The van der Waals surface area contributed by atoms with E-state index in [1.807, 2.05) is 24.3 Å². The smallest absolute Gasteiger partial charge is 0.205 e. The van der Waals surface area contributed by atoms with Crippen LogP contribution >= 0.6 is 0 Å². The van der Waals surface area contributed by atoms with Gasteiger partial charge >= 0.3 is 0 Å². The zero-order chi connectivity index (χ0) is 11.8. The summed E-state index contributed by atoms with van der Waals surface area (Å²) < 4.78 is 15.0. The lowest BCUT2D eigenvalue weighted by atomic mass is 10.3. The fourth-order valence-electron chi connectivity index (χ4n) is 1.93. The Morgan fingerprint density at radius 3 is 2.71 bits per heavy atom. The number of rotatable bonds is 1. The molecule has 0 atom stereocenters. The molecular formula is C13H10FN3. The highest BCUT2D eigenvalue weighted by atomic mass is 19.1. The molecule has 2 aromatic carbocycles. The summed E-state index contributed by atoms with van der Waals surface area (Å²) in [5, 5.41) is 0. The van der Waals surface area contributed by atoms with Crippen molar-refractivity contribution < 1.29 is 4.39 Å². The number of nitrogen functional groups attached to an aromatic ring is 1. The number of benzene rings is 2. The van der Waals surface area contributed by atoms with Crippen LogP contribution < -0.4 is 5.73 Å². The van der Waals surface area contributed by atoms with Gasteiger partial charge in [0.1, 0.15) is 5.82 Å². The Kier molecular flexibility index (Phi) is 2.08. The van der Waals surface area contributed by atoms with Crippen LogP contribution in [0.1, 0.15) is 0 Å². The molecule has 0 amide bonds. The third-order valence-corrected chi connectivity index (χ3v) is 2.65. The number of imidazole rings is 1. The molecule has 1 aromatic heterocycles. The Hall–Kier alpha value is -2.36. The minimum absolute atomic E-state index is 0.292. The van der Waals surface area contributed by atoms with Gasteiger partial charge in [-0.25, -0.2) is 9.37 Å². The molecule has 3 rings (SSSR count). The molecule has 3 nitrogen and oxygen atoms in total. The van der Waals surface area contributed by atoms with Crippen molar-refractivity contribution >= 4 is 17.0 Å². The standard InChI is InChI=1S/C13H10FN3/c14-9-4-3-5-10(8-9)17-12-7-2-1-6-11(12)16-13(17)15/h1-8H,(H2,15,16). The maximum atomic E-state index is 13.2. The second-order valence-electron chi connectivity index (χ2n) is 3.77. The van der Waals surface area contributed by atoms with Crippen molar-refractivity contribution in [1.82, 2.24) is 9.55 Å². The molecule has 3 aromatic rings. The molecule has 0 saturated heterocycles. The van der Waals surface area contributed by atoms with Crippen LogP contribution in [-0.2, 0) is 0 Å². The molecule has 0 spiro atoms. The Balaban J connectivity index is 2.33. The molecule has 4 heteroatoms. The van der Waals surface area contributed by atoms with E-state index in [4.69, 9.17) is 5.73 Å². The molecule has 0 unspecified atom stereocenters. The summed E-state index contributed by atoms with van der Waals surface area (Å²) in [5.74, 6) is 0.0662. The zero-order valence-corrected chi connectivity index (χ0v) is 8.97. The summed E-state index contributed by atoms with van der Waals surface area (Å²) in [6.07, 6.45) is 0. The van der Waals surface area contributed by atoms with Crippen molar-refractivity contribution in [3.63, 3.8) is 0 Å². The molecule has 0 aliphatic rings. The molecule has 1 heterocycles. The first kappa shape index (κ1) is 9.84. The van der Waals surface area contributed by atoms with Gasteiger partial charge in [0, 0.05) is 0 Å². The highest BCUT2D eigenvalue weighted by Gasteiger charge is 2.09.